The molecule has 0 atom stereocenters. The predicted molar refractivity (Wildman–Crippen MR) is 73.5 cm³/mol. The van der Waals surface area contributed by atoms with E-state index in [-0.39, 0.29) is 5.75 Å². The molecule has 0 saturated heterocycles. The Morgan fingerprint density at radius 2 is 1.74 bits per heavy atom. The Balaban J connectivity index is 2.06. The lowest BCUT2D eigenvalue weighted by Crippen LogP contribution is -1.94. The van der Waals surface area contributed by atoms with Crippen LogP contribution in [0.1, 0.15) is 0 Å². The molecule has 0 bridgehead atoms. The van der Waals surface area contributed by atoms with Gasteiger partial charge in [0.2, 0.25) is 0 Å². The molecule has 1 aromatic heterocycles. The molecule has 1 heterocycles. The number of para-hydroxylation sites is 2. The van der Waals surface area contributed by atoms with Gasteiger partial charge >= 0.3 is 0 Å². The summed E-state index contributed by atoms with van der Waals surface area (Å²) in [6, 6.07) is 14.4. The average Bonchev–Trinajstić information content (AvgIpc) is 2.89. The Morgan fingerprint density at radius 1 is 1.00 bits per heavy atom. The zero-order valence-electron chi connectivity index (χ0n) is 9.86. The smallest absolute Gasteiger partial charge is 0.141 e. The summed E-state index contributed by atoms with van der Waals surface area (Å²) in [5.41, 5.74) is 2.05. The molecular weight excluding hydrogens is 262 g/mol. The molecule has 1 N–H and O–H groups in total. The van der Waals surface area contributed by atoms with Gasteiger partial charge in [0, 0.05) is 5.56 Å². The molecular formula is C14H10ClN3O. The Kier molecular flexibility index (Phi) is 2.93. The normalized spacial score (nSPS) is 10.6. The third-order valence-electron chi connectivity index (χ3n) is 2.77. The van der Waals surface area contributed by atoms with E-state index in [4.69, 9.17) is 11.6 Å². The third kappa shape index (κ3) is 2.18. The molecule has 0 saturated carbocycles. The first-order valence-corrected chi connectivity index (χ1v) is 6.09. The van der Waals surface area contributed by atoms with E-state index in [1.165, 1.54) is 4.68 Å². The van der Waals surface area contributed by atoms with E-state index < -0.39 is 0 Å². The van der Waals surface area contributed by atoms with Crippen LogP contribution in [0, 0.1) is 0 Å². The second kappa shape index (κ2) is 4.74. The van der Waals surface area contributed by atoms with Crippen LogP contribution >= 0.6 is 11.6 Å². The maximum Gasteiger partial charge on any atom is 0.141 e. The molecule has 3 aromatic rings. The molecule has 0 aliphatic heterocycles. The standard InChI is InChI=1S/C14H10ClN3O/c15-11-6-2-1-5-10(11)12-9-18(17-16-12)13-7-3-4-8-14(13)19/h1-9,19H. The number of hydrogen-bond donors (Lipinski definition) is 1. The van der Waals surface area contributed by atoms with E-state index in [2.05, 4.69) is 10.3 Å². The number of phenolic OH excluding ortho intramolecular Hbond substituents is 1. The van der Waals surface area contributed by atoms with Crippen molar-refractivity contribution in [2.75, 3.05) is 0 Å². The van der Waals surface area contributed by atoms with Crippen molar-refractivity contribution in [3.8, 4) is 22.7 Å². The fourth-order valence-corrected chi connectivity index (χ4v) is 2.06. The zero-order valence-corrected chi connectivity index (χ0v) is 10.6. The van der Waals surface area contributed by atoms with Crippen LogP contribution in [-0.4, -0.2) is 20.1 Å². The van der Waals surface area contributed by atoms with Crippen LogP contribution in [-0.2, 0) is 0 Å². The van der Waals surface area contributed by atoms with Crippen LogP contribution in [0.15, 0.2) is 54.7 Å². The highest BCUT2D eigenvalue weighted by Crippen LogP contribution is 2.27. The minimum Gasteiger partial charge on any atom is -0.506 e. The van der Waals surface area contributed by atoms with E-state index in [1.54, 1.807) is 30.5 Å². The fraction of sp³-hybridized carbons (Fsp3) is 0. The SMILES string of the molecule is Oc1ccccc1-n1cc(-c2ccccc2Cl)nn1. The van der Waals surface area contributed by atoms with E-state index >= 15 is 0 Å². The van der Waals surface area contributed by atoms with E-state index in [0.717, 1.165) is 5.56 Å². The molecule has 0 radical (unpaired) electrons. The van der Waals surface area contributed by atoms with E-state index in [9.17, 15) is 5.11 Å². The van der Waals surface area contributed by atoms with Gasteiger partial charge < -0.3 is 5.11 Å². The van der Waals surface area contributed by atoms with Crippen molar-refractivity contribution in [1.29, 1.82) is 0 Å². The topological polar surface area (TPSA) is 50.9 Å². The summed E-state index contributed by atoms with van der Waals surface area (Å²) in [6.07, 6.45) is 1.73. The maximum absolute atomic E-state index is 9.78. The third-order valence-corrected chi connectivity index (χ3v) is 3.10. The first-order chi connectivity index (χ1) is 9.25. The zero-order chi connectivity index (χ0) is 13.2. The van der Waals surface area contributed by atoms with Crippen molar-refractivity contribution in [3.63, 3.8) is 0 Å². The highest BCUT2D eigenvalue weighted by Gasteiger charge is 2.10. The predicted octanol–water partition coefficient (Wildman–Crippen LogP) is 3.29. The van der Waals surface area contributed by atoms with Gasteiger partial charge in [0.25, 0.3) is 0 Å². The minimum absolute atomic E-state index is 0.151. The summed E-state index contributed by atoms with van der Waals surface area (Å²) in [5.74, 6) is 0.151. The number of nitrogens with zero attached hydrogens (tertiary/aromatic N) is 3. The van der Waals surface area contributed by atoms with Gasteiger partial charge in [-0.3, -0.25) is 0 Å². The molecule has 0 spiro atoms. The summed E-state index contributed by atoms with van der Waals surface area (Å²) >= 11 is 6.12. The van der Waals surface area contributed by atoms with Crippen LogP contribution in [0.2, 0.25) is 5.02 Å². The van der Waals surface area contributed by atoms with Crippen LogP contribution in [0.4, 0.5) is 0 Å². The maximum atomic E-state index is 9.78. The number of rotatable bonds is 2. The number of phenols is 1. The van der Waals surface area contributed by atoms with E-state index in [1.807, 2.05) is 24.3 Å². The van der Waals surface area contributed by atoms with Crippen molar-refractivity contribution in [2.24, 2.45) is 0 Å². The van der Waals surface area contributed by atoms with Gasteiger partial charge in [-0.05, 0) is 18.2 Å². The molecule has 3 rings (SSSR count). The first kappa shape index (κ1) is 11.7. The summed E-state index contributed by atoms with van der Waals surface area (Å²) < 4.78 is 1.52. The van der Waals surface area contributed by atoms with Gasteiger partial charge in [-0.2, -0.15) is 0 Å². The minimum atomic E-state index is 0.151. The lowest BCUT2D eigenvalue weighted by Gasteiger charge is -2.02. The highest BCUT2D eigenvalue weighted by atomic mass is 35.5. The second-order valence-electron chi connectivity index (χ2n) is 4.02. The molecule has 94 valence electrons. The van der Waals surface area contributed by atoms with Crippen LogP contribution in [0.25, 0.3) is 16.9 Å². The molecule has 2 aromatic carbocycles. The van der Waals surface area contributed by atoms with Gasteiger partial charge in [-0.25, -0.2) is 4.68 Å². The molecule has 0 fully saturated rings. The summed E-state index contributed by atoms with van der Waals surface area (Å²) in [5, 5.41) is 18.5. The van der Waals surface area contributed by atoms with Crippen LogP contribution in [0.3, 0.4) is 0 Å². The quantitative estimate of drug-likeness (QED) is 0.778. The molecule has 5 heteroatoms. The van der Waals surface area contributed by atoms with Crippen molar-refractivity contribution in [2.45, 2.75) is 0 Å². The number of aromatic hydroxyl groups is 1. The molecule has 0 aliphatic rings. The molecule has 0 aliphatic carbocycles. The van der Waals surface area contributed by atoms with Gasteiger partial charge in [0.05, 0.1) is 11.2 Å². The van der Waals surface area contributed by atoms with Crippen molar-refractivity contribution in [1.82, 2.24) is 15.0 Å². The lowest BCUT2D eigenvalue weighted by atomic mass is 10.2. The second-order valence-corrected chi connectivity index (χ2v) is 4.42. The van der Waals surface area contributed by atoms with E-state index in [0.29, 0.717) is 16.4 Å². The number of aromatic nitrogens is 3. The summed E-state index contributed by atoms with van der Waals surface area (Å²) in [4.78, 5) is 0. The summed E-state index contributed by atoms with van der Waals surface area (Å²) in [6.45, 7) is 0. The van der Waals surface area contributed by atoms with Crippen molar-refractivity contribution < 1.29 is 5.11 Å². The molecule has 0 amide bonds. The Morgan fingerprint density at radius 3 is 2.53 bits per heavy atom. The number of hydrogen-bond acceptors (Lipinski definition) is 3. The Labute approximate surface area is 114 Å². The fourth-order valence-electron chi connectivity index (χ4n) is 1.83. The van der Waals surface area contributed by atoms with Gasteiger partial charge in [-0.1, -0.05) is 47.1 Å². The van der Waals surface area contributed by atoms with Crippen LogP contribution < -0.4 is 0 Å². The van der Waals surface area contributed by atoms with Gasteiger partial charge in [0.1, 0.15) is 17.1 Å². The number of benzene rings is 2. The van der Waals surface area contributed by atoms with Gasteiger partial charge in [-0.15, -0.1) is 5.10 Å². The first-order valence-electron chi connectivity index (χ1n) is 5.71. The summed E-state index contributed by atoms with van der Waals surface area (Å²) in [7, 11) is 0. The molecule has 19 heavy (non-hydrogen) atoms. The average molecular weight is 272 g/mol. The monoisotopic (exact) mass is 271 g/mol. The molecule has 0 unspecified atom stereocenters. The van der Waals surface area contributed by atoms with Crippen molar-refractivity contribution >= 4 is 11.6 Å². The van der Waals surface area contributed by atoms with Crippen molar-refractivity contribution in [3.05, 3.63) is 59.8 Å². The Hall–Kier alpha value is -2.33. The highest BCUT2D eigenvalue weighted by molar-refractivity contribution is 6.33. The van der Waals surface area contributed by atoms with Gasteiger partial charge in [0.15, 0.2) is 0 Å². The largest absolute Gasteiger partial charge is 0.506 e. The Bertz CT molecular complexity index is 664. The van der Waals surface area contributed by atoms with Crippen LogP contribution in [0.5, 0.6) is 5.75 Å². The molecule has 4 nitrogen and oxygen atoms in total. The number of halogens is 1. The lowest BCUT2D eigenvalue weighted by molar-refractivity contribution is 0.470.